The number of hydrogen-bond donors (Lipinski definition) is 2. The van der Waals surface area contributed by atoms with E-state index in [0.29, 0.717) is 24.4 Å². The van der Waals surface area contributed by atoms with Crippen molar-refractivity contribution < 1.29 is 23.5 Å². The molecule has 1 aliphatic heterocycles. The number of carbonyl (C=O) groups is 1. The lowest BCUT2D eigenvalue weighted by molar-refractivity contribution is -0.162. The van der Waals surface area contributed by atoms with Crippen molar-refractivity contribution in [3.05, 3.63) is 53.6 Å². The van der Waals surface area contributed by atoms with E-state index in [0.717, 1.165) is 47.9 Å². The number of amides is 1. The van der Waals surface area contributed by atoms with Crippen molar-refractivity contribution in [3.63, 3.8) is 0 Å². The Bertz CT molecular complexity index is 1050. The molecule has 1 amide bonds. The molecule has 2 aliphatic rings. The molecule has 0 saturated heterocycles. The lowest BCUT2D eigenvalue weighted by Crippen LogP contribution is -2.47. The second-order valence-corrected chi connectivity index (χ2v) is 10.5. The van der Waals surface area contributed by atoms with Gasteiger partial charge in [0.2, 0.25) is 16.4 Å². The van der Waals surface area contributed by atoms with Gasteiger partial charge in [-0.2, -0.15) is 4.31 Å². The van der Waals surface area contributed by atoms with Crippen LogP contribution >= 0.6 is 0 Å². The third kappa shape index (κ3) is 4.76. The summed E-state index contributed by atoms with van der Waals surface area (Å²) in [6.07, 6.45) is 4.54. The highest BCUT2D eigenvalue weighted by Crippen LogP contribution is 2.32. The fourth-order valence-electron chi connectivity index (χ4n) is 4.80. The molecule has 4 rings (SSSR count). The van der Waals surface area contributed by atoms with Crippen LogP contribution in [0.25, 0.3) is 11.1 Å². The molecule has 31 heavy (non-hydrogen) atoms. The molecule has 8 heteroatoms. The van der Waals surface area contributed by atoms with Gasteiger partial charge in [0.15, 0.2) is 0 Å². The van der Waals surface area contributed by atoms with E-state index in [4.69, 9.17) is 0 Å². The minimum absolute atomic E-state index is 0.000544. The summed E-state index contributed by atoms with van der Waals surface area (Å²) in [5, 5.41) is 20.4. The highest BCUT2D eigenvalue weighted by Gasteiger charge is 2.36. The Morgan fingerprint density at radius 3 is 2.55 bits per heavy atom. The number of phenolic OH excluding ortho intramolecular Hbond substituents is 1. The molecule has 7 nitrogen and oxygen atoms in total. The van der Waals surface area contributed by atoms with Gasteiger partial charge in [-0.1, -0.05) is 37.1 Å². The second-order valence-electron chi connectivity index (χ2n) is 8.49. The van der Waals surface area contributed by atoms with Crippen LogP contribution in [0.2, 0.25) is 0 Å². The van der Waals surface area contributed by atoms with Crippen LogP contribution in [-0.4, -0.2) is 52.8 Å². The van der Waals surface area contributed by atoms with E-state index in [2.05, 4.69) is 0 Å². The highest BCUT2D eigenvalue weighted by molar-refractivity contribution is 7.89. The van der Waals surface area contributed by atoms with Crippen molar-refractivity contribution >= 4 is 16.4 Å². The van der Waals surface area contributed by atoms with E-state index in [1.807, 2.05) is 24.3 Å². The number of hydroxylamine groups is 2. The summed E-state index contributed by atoms with van der Waals surface area (Å²) < 4.78 is 27.9. The Kier molecular flexibility index (Phi) is 6.31. The molecule has 0 bridgehead atoms. The minimum atomic E-state index is -3.67. The molecule has 1 unspecified atom stereocenters. The number of hydrogen-bond acceptors (Lipinski definition) is 5. The van der Waals surface area contributed by atoms with Crippen LogP contribution in [0.1, 0.15) is 36.8 Å². The van der Waals surface area contributed by atoms with Gasteiger partial charge < -0.3 is 5.11 Å². The van der Waals surface area contributed by atoms with Crippen LogP contribution in [0.3, 0.4) is 0 Å². The third-order valence-corrected chi connectivity index (χ3v) is 8.39. The van der Waals surface area contributed by atoms with Crippen LogP contribution in [-0.2, 0) is 27.8 Å². The SMILES string of the molecule is O=CN(O)C(CS(=O)(=O)N1CCc2ccc(-c3cccc(O)c3)cc2C1)C1CCCC1. The molecule has 0 aromatic heterocycles. The maximum atomic E-state index is 13.2. The Hall–Kier alpha value is -2.42. The summed E-state index contributed by atoms with van der Waals surface area (Å²) in [6.45, 7) is 0.638. The number of fused-ring (bicyclic) bond motifs is 1. The van der Waals surface area contributed by atoms with E-state index < -0.39 is 16.1 Å². The number of nitrogens with zero attached hydrogens (tertiary/aromatic N) is 2. The first-order chi connectivity index (χ1) is 14.9. The van der Waals surface area contributed by atoms with Gasteiger partial charge in [0.25, 0.3) is 0 Å². The van der Waals surface area contributed by atoms with Crippen molar-refractivity contribution in [1.82, 2.24) is 9.37 Å². The number of phenols is 1. The molecule has 0 radical (unpaired) electrons. The van der Waals surface area contributed by atoms with Crippen molar-refractivity contribution in [1.29, 1.82) is 0 Å². The smallest absolute Gasteiger partial charge is 0.233 e. The topological polar surface area (TPSA) is 98.2 Å². The van der Waals surface area contributed by atoms with E-state index in [1.165, 1.54) is 4.31 Å². The molecule has 1 atom stereocenters. The van der Waals surface area contributed by atoms with Crippen LogP contribution in [0.4, 0.5) is 0 Å². The zero-order valence-electron chi connectivity index (χ0n) is 17.4. The van der Waals surface area contributed by atoms with Gasteiger partial charge >= 0.3 is 0 Å². The molecule has 1 heterocycles. The normalized spacial score (nSPS) is 18.5. The number of carbonyl (C=O) groups excluding carboxylic acids is 1. The van der Waals surface area contributed by atoms with Crippen molar-refractivity contribution in [3.8, 4) is 16.9 Å². The Balaban J connectivity index is 1.55. The molecule has 2 N–H and O–H groups in total. The fourth-order valence-corrected chi connectivity index (χ4v) is 6.58. The van der Waals surface area contributed by atoms with Gasteiger partial charge in [-0.15, -0.1) is 0 Å². The summed E-state index contributed by atoms with van der Waals surface area (Å²) >= 11 is 0. The van der Waals surface area contributed by atoms with E-state index in [-0.39, 0.29) is 24.0 Å². The maximum Gasteiger partial charge on any atom is 0.233 e. The molecule has 1 saturated carbocycles. The van der Waals surface area contributed by atoms with Gasteiger partial charge in [0, 0.05) is 13.1 Å². The molecular weight excluding hydrogens is 416 g/mol. The first-order valence-corrected chi connectivity index (χ1v) is 12.3. The zero-order chi connectivity index (χ0) is 22.0. The van der Waals surface area contributed by atoms with Crippen molar-refractivity contribution in [2.75, 3.05) is 12.3 Å². The van der Waals surface area contributed by atoms with Crippen molar-refractivity contribution in [2.45, 2.75) is 44.7 Å². The third-order valence-electron chi connectivity index (χ3n) is 6.53. The summed E-state index contributed by atoms with van der Waals surface area (Å²) in [5.41, 5.74) is 3.83. The molecule has 0 spiro atoms. The first kappa shape index (κ1) is 21.8. The highest BCUT2D eigenvalue weighted by atomic mass is 32.2. The van der Waals surface area contributed by atoms with Gasteiger partial charge in [-0.3, -0.25) is 10.0 Å². The predicted molar refractivity (Wildman–Crippen MR) is 117 cm³/mol. The van der Waals surface area contributed by atoms with E-state index in [1.54, 1.807) is 18.2 Å². The van der Waals surface area contributed by atoms with E-state index in [9.17, 15) is 23.5 Å². The summed E-state index contributed by atoms with van der Waals surface area (Å²) in [7, 11) is -3.67. The van der Waals surface area contributed by atoms with Gasteiger partial charge in [0.1, 0.15) is 5.75 Å². The second kappa shape index (κ2) is 8.98. The van der Waals surface area contributed by atoms with Gasteiger partial charge in [-0.25, -0.2) is 13.5 Å². The number of rotatable bonds is 7. The Morgan fingerprint density at radius 1 is 1.10 bits per heavy atom. The molecule has 2 aromatic carbocycles. The fraction of sp³-hybridized carbons (Fsp3) is 0.435. The average molecular weight is 445 g/mol. The van der Waals surface area contributed by atoms with Crippen LogP contribution in [0.15, 0.2) is 42.5 Å². The average Bonchev–Trinajstić information content (AvgIpc) is 3.31. The monoisotopic (exact) mass is 444 g/mol. The summed E-state index contributed by atoms with van der Waals surface area (Å²) in [5.74, 6) is -0.0883. The summed E-state index contributed by atoms with van der Waals surface area (Å²) in [6, 6.07) is 12.2. The zero-order valence-corrected chi connectivity index (χ0v) is 18.2. The standard InChI is InChI=1S/C23H28N2O5S/c26-16-25(28)23(18-4-1-2-5-18)15-31(29,30)24-11-10-17-8-9-20(12-21(17)14-24)19-6-3-7-22(27)13-19/h3,6-9,12-13,16,18,23,27-28H,1-2,4-5,10-11,14-15H2. The van der Waals surface area contributed by atoms with E-state index >= 15 is 0 Å². The van der Waals surface area contributed by atoms with Crippen LogP contribution in [0.5, 0.6) is 5.75 Å². The quantitative estimate of drug-likeness (QED) is 0.388. The molecular formula is C23H28N2O5S. The van der Waals surface area contributed by atoms with Crippen LogP contribution < -0.4 is 0 Å². The molecule has 1 fully saturated rings. The largest absolute Gasteiger partial charge is 0.508 e. The Labute approximate surface area is 182 Å². The van der Waals surface area contributed by atoms with Crippen molar-refractivity contribution in [2.24, 2.45) is 5.92 Å². The number of benzene rings is 2. The molecule has 2 aromatic rings. The maximum absolute atomic E-state index is 13.2. The minimum Gasteiger partial charge on any atom is -0.508 e. The first-order valence-electron chi connectivity index (χ1n) is 10.7. The Morgan fingerprint density at radius 2 is 1.84 bits per heavy atom. The van der Waals surface area contributed by atoms with Crippen LogP contribution in [0, 0.1) is 5.92 Å². The van der Waals surface area contributed by atoms with Gasteiger partial charge in [0.05, 0.1) is 11.8 Å². The number of aromatic hydroxyl groups is 1. The molecule has 1 aliphatic carbocycles. The van der Waals surface area contributed by atoms with Gasteiger partial charge in [-0.05, 0) is 65.6 Å². The summed E-state index contributed by atoms with van der Waals surface area (Å²) in [4.78, 5) is 11.2. The lowest BCUT2D eigenvalue weighted by atomic mass is 9.95. The predicted octanol–water partition coefficient (Wildman–Crippen LogP) is 3.15. The number of sulfonamides is 1. The lowest BCUT2D eigenvalue weighted by Gasteiger charge is -2.33. The molecule has 166 valence electrons.